The highest BCUT2D eigenvalue weighted by atomic mass is 32.2. The average molecular weight is 280 g/mol. The van der Waals surface area contributed by atoms with Crippen LogP contribution in [0, 0.1) is 0 Å². The van der Waals surface area contributed by atoms with Crippen molar-refractivity contribution in [3.05, 3.63) is 30.0 Å². The van der Waals surface area contributed by atoms with Crippen molar-refractivity contribution in [2.75, 3.05) is 12.5 Å². The number of hydrogen-bond donors (Lipinski definition) is 2. The van der Waals surface area contributed by atoms with Crippen LogP contribution >= 0.6 is 23.5 Å². The summed E-state index contributed by atoms with van der Waals surface area (Å²) in [5, 5.41) is 15.5. The van der Waals surface area contributed by atoms with Gasteiger partial charge in [-0.15, -0.1) is 23.5 Å². The zero-order chi connectivity index (χ0) is 13.1. The lowest BCUT2D eigenvalue weighted by atomic mass is 10.1. The van der Waals surface area contributed by atoms with Crippen molar-refractivity contribution in [2.45, 2.75) is 9.79 Å². The van der Waals surface area contributed by atoms with Crippen molar-refractivity contribution in [3.63, 3.8) is 0 Å². The lowest BCUT2D eigenvalue weighted by Crippen LogP contribution is -1.95. The minimum absolute atomic E-state index is 0.103. The molecule has 0 amide bonds. The Morgan fingerprint density at radius 1 is 1.33 bits per heavy atom. The van der Waals surface area contributed by atoms with Crippen LogP contribution in [0.5, 0.6) is 0 Å². The molecule has 0 unspecified atom stereocenters. The van der Waals surface area contributed by atoms with E-state index in [1.54, 1.807) is 29.6 Å². The maximum Gasteiger partial charge on any atom is 0.353 e. The highest BCUT2D eigenvalue weighted by molar-refractivity contribution is 8.01. The number of carboxylic acid groups (broad SMARTS) is 1. The number of rotatable bonds is 4. The van der Waals surface area contributed by atoms with Crippen LogP contribution in [0.15, 0.2) is 34.1 Å². The van der Waals surface area contributed by atoms with Crippen LogP contribution in [-0.4, -0.2) is 33.8 Å². The van der Waals surface area contributed by atoms with Gasteiger partial charge >= 0.3 is 5.97 Å². The van der Waals surface area contributed by atoms with Crippen LogP contribution in [0.3, 0.4) is 0 Å². The Bertz CT molecular complexity index is 581. The predicted octanol–water partition coefficient (Wildman–Crippen LogP) is 3.22. The van der Waals surface area contributed by atoms with E-state index in [9.17, 15) is 4.79 Å². The van der Waals surface area contributed by atoms with Crippen molar-refractivity contribution in [1.82, 2.24) is 10.2 Å². The summed E-state index contributed by atoms with van der Waals surface area (Å²) >= 11 is 3.30. The fraction of sp³-hybridized carbons (Fsp3) is 0.167. The Hall–Kier alpha value is -1.40. The summed E-state index contributed by atoms with van der Waals surface area (Å²) in [6.07, 6.45) is 4.02. The second-order valence-corrected chi connectivity index (χ2v) is 5.18. The zero-order valence-electron chi connectivity index (χ0n) is 9.93. The van der Waals surface area contributed by atoms with Gasteiger partial charge in [0.2, 0.25) is 0 Å². The van der Waals surface area contributed by atoms with Gasteiger partial charge in [-0.1, -0.05) is 12.1 Å². The molecular formula is C12H12N2O2S2. The quantitative estimate of drug-likeness (QED) is 0.842. The molecule has 0 spiro atoms. The van der Waals surface area contributed by atoms with Crippen molar-refractivity contribution in [1.29, 1.82) is 0 Å². The lowest BCUT2D eigenvalue weighted by molar-refractivity contribution is 0.0690. The summed E-state index contributed by atoms with van der Waals surface area (Å²) in [6.45, 7) is 0. The number of nitrogens with zero attached hydrogens (tertiary/aromatic N) is 1. The minimum Gasteiger partial charge on any atom is -0.477 e. The maximum absolute atomic E-state index is 10.8. The third-order valence-corrected chi connectivity index (χ3v) is 4.24. The number of aromatic nitrogens is 2. The first-order valence-corrected chi connectivity index (χ1v) is 7.62. The molecule has 0 bridgehead atoms. The van der Waals surface area contributed by atoms with Crippen LogP contribution in [-0.2, 0) is 0 Å². The topological polar surface area (TPSA) is 66.0 Å². The van der Waals surface area contributed by atoms with Gasteiger partial charge in [0.25, 0.3) is 0 Å². The molecule has 0 atom stereocenters. The minimum atomic E-state index is -1.000. The van der Waals surface area contributed by atoms with E-state index in [-0.39, 0.29) is 5.69 Å². The largest absolute Gasteiger partial charge is 0.477 e. The van der Waals surface area contributed by atoms with Crippen molar-refractivity contribution in [3.8, 4) is 11.3 Å². The standard InChI is InChI=1S/C12H12N2O2S2/c1-17-10-5-3-4-7(11(10)18-2)8-6-9(12(15)16)14-13-8/h3-6H,1-2H3,(H,13,14)(H,15,16). The molecule has 94 valence electrons. The van der Waals surface area contributed by atoms with Gasteiger partial charge in [0.1, 0.15) is 5.69 Å². The molecular weight excluding hydrogens is 268 g/mol. The molecule has 2 N–H and O–H groups in total. The molecule has 4 nitrogen and oxygen atoms in total. The molecule has 0 saturated carbocycles. The molecule has 0 aliphatic rings. The van der Waals surface area contributed by atoms with Crippen LogP contribution in [0.4, 0.5) is 0 Å². The Kier molecular flexibility index (Phi) is 3.98. The Labute approximate surface area is 113 Å². The Balaban J connectivity index is 2.52. The normalized spacial score (nSPS) is 10.6. The van der Waals surface area contributed by atoms with E-state index in [2.05, 4.69) is 10.2 Å². The number of aromatic amines is 1. The number of aromatic carboxylic acids is 1. The molecule has 1 aromatic heterocycles. The average Bonchev–Trinajstić information content (AvgIpc) is 2.87. The van der Waals surface area contributed by atoms with Gasteiger partial charge < -0.3 is 5.11 Å². The van der Waals surface area contributed by atoms with E-state index in [0.29, 0.717) is 5.69 Å². The first-order chi connectivity index (χ1) is 8.67. The van der Waals surface area contributed by atoms with Gasteiger partial charge in [-0.3, -0.25) is 5.10 Å². The molecule has 0 aliphatic carbocycles. The number of thioether (sulfide) groups is 2. The van der Waals surface area contributed by atoms with Gasteiger partial charge in [0.15, 0.2) is 0 Å². The highest BCUT2D eigenvalue weighted by Gasteiger charge is 2.14. The number of carbonyl (C=O) groups is 1. The fourth-order valence-corrected chi connectivity index (χ4v) is 3.33. The van der Waals surface area contributed by atoms with E-state index in [0.717, 1.165) is 10.5 Å². The van der Waals surface area contributed by atoms with E-state index < -0.39 is 5.97 Å². The van der Waals surface area contributed by atoms with Crippen LogP contribution in [0.2, 0.25) is 0 Å². The van der Waals surface area contributed by atoms with Crippen LogP contribution in [0.25, 0.3) is 11.3 Å². The smallest absolute Gasteiger partial charge is 0.353 e. The fourth-order valence-electron chi connectivity index (χ4n) is 1.66. The van der Waals surface area contributed by atoms with Gasteiger partial charge in [0.05, 0.1) is 5.69 Å². The predicted molar refractivity (Wildman–Crippen MR) is 74.5 cm³/mol. The summed E-state index contributed by atoms with van der Waals surface area (Å²) < 4.78 is 0. The second-order valence-electron chi connectivity index (χ2n) is 3.51. The highest BCUT2D eigenvalue weighted by Crippen LogP contribution is 2.36. The van der Waals surface area contributed by atoms with E-state index >= 15 is 0 Å². The molecule has 18 heavy (non-hydrogen) atoms. The molecule has 2 rings (SSSR count). The third-order valence-electron chi connectivity index (χ3n) is 2.49. The zero-order valence-corrected chi connectivity index (χ0v) is 11.6. The van der Waals surface area contributed by atoms with Gasteiger partial charge in [-0.2, -0.15) is 5.10 Å². The molecule has 2 aromatic rings. The summed E-state index contributed by atoms with van der Waals surface area (Å²) in [7, 11) is 0. The van der Waals surface area contributed by atoms with Gasteiger partial charge in [-0.05, 0) is 24.6 Å². The monoisotopic (exact) mass is 280 g/mol. The van der Waals surface area contributed by atoms with E-state index in [1.807, 2.05) is 30.7 Å². The summed E-state index contributed by atoms with van der Waals surface area (Å²) in [6, 6.07) is 7.51. The molecule has 0 aliphatic heterocycles. The molecule has 0 saturated heterocycles. The third kappa shape index (κ3) is 2.39. The van der Waals surface area contributed by atoms with E-state index in [1.165, 1.54) is 4.90 Å². The number of nitrogens with one attached hydrogen (secondary N) is 1. The number of hydrogen-bond acceptors (Lipinski definition) is 4. The molecule has 1 aromatic carbocycles. The lowest BCUT2D eigenvalue weighted by Gasteiger charge is -2.08. The molecule has 0 fully saturated rings. The summed E-state index contributed by atoms with van der Waals surface area (Å²) in [5.74, 6) is -1.000. The molecule has 0 radical (unpaired) electrons. The van der Waals surface area contributed by atoms with Gasteiger partial charge in [0, 0.05) is 15.4 Å². The van der Waals surface area contributed by atoms with Crippen LogP contribution in [0.1, 0.15) is 10.5 Å². The second kappa shape index (κ2) is 5.49. The molecule has 6 heteroatoms. The van der Waals surface area contributed by atoms with Crippen molar-refractivity contribution >= 4 is 29.5 Å². The van der Waals surface area contributed by atoms with Crippen molar-refractivity contribution in [2.24, 2.45) is 0 Å². The molecule has 1 heterocycles. The first-order valence-electron chi connectivity index (χ1n) is 5.17. The summed E-state index contributed by atoms with van der Waals surface area (Å²) in [4.78, 5) is 13.1. The number of H-pyrrole nitrogens is 1. The first kappa shape index (κ1) is 13.0. The summed E-state index contributed by atoms with van der Waals surface area (Å²) in [5.41, 5.74) is 1.72. The Morgan fingerprint density at radius 3 is 2.67 bits per heavy atom. The van der Waals surface area contributed by atoms with Crippen LogP contribution < -0.4 is 0 Å². The van der Waals surface area contributed by atoms with E-state index in [4.69, 9.17) is 5.11 Å². The van der Waals surface area contributed by atoms with Crippen molar-refractivity contribution < 1.29 is 9.90 Å². The Morgan fingerprint density at radius 2 is 2.11 bits per heavy atom. The van der Waals surface area contributed by atoms with Gasteiger partial charge in [-0.25, -0.2) is 4.79 Å². The SMILES string of the molecule is CSc1cccc(-c2cc(C(=O)O)[nH]n2)c1SC. The number of benzene rings is 1. The maximum atomic E-state index is 10.8. The number of carboxylic acids is 1.